The molecule has 0 amide bonds. The molecule has 3 heteroatoms. The van der Waals surface area contributed by atoms with E-state index in [1.807, 2.05) is 12.1 Å². The van der Waals surface area contributed by atoms with Crippen molar-refractivity contribution in [1.29, 1.82) is 0 Å². The first kappa shape index (κ1) is 15.1. The van der Waals surface area contributed by atoms with E-state index in [1.165, 1.54) is 22.0 Å². The molecule has 0 spiro atoms. The summed E-state index contributed by atoms with van der Waals surface area (Å²) in [5.74, 6) is 0. The molecule has 0 aliphatic rings. The summed E-state index contributed by atoms with van der Waals surface area (Å²) in [6.07, 6.45) is 3.28. The van der Waals surface area contributed by atoms with E-state index in [4.69, 9.17) is 11.6 Å². The van der Waals surface area contributed by atoms with Crippen LogP contribution in [0.5, 0.6) is 0 Å². The number of aryl methyl sites for hydroxylation is 1. The van der Waals surface area contributed by atoms with Crippen LogP contribution in [0.15, 0.2) is 54.7 Å². The second-order valence-corrected chi connectivity index (χ2v) is 5.95. The molecule has 3 rings (SSSR count). The molecule has 22 heavy (non-hydrogen) atoms. The highest BCUT2D eigenvalue weighted by atomic mass is 35.5. The molecule has 2 nitrogen and oxygen atoms in total. The van der Waals surface area contributed by atoms with E-state index in [9.17, 15) is 0 Å². The maximum atomic E-state index is 5.91. The van der Waals surface area contributed by atoms with Gasteiger partial charge >= 0.3 is 0 Å². The Labute approximate surface area is 136 Å². The van der Waals surface area contributed by atoms with Crippen molar-refractivity contribution in [2.24, 2.45) is 0 Å². The van der Waals surface area contributed by atoms with Crippen LogP contribution < -0.4 is 5.32 Å². The third-order valence-electron chi connectivity index (χ3n) is 4.03. The van der Waals surface area contributed by atoms with E-state index >= 15 is 0 Å². The first-order chi connectivity index (χ1) is 10.8. The fourth-order valence-electron chi connectivity index (χ4n) is 2.83. The highest BCUT2D eigenvalue weighted by Gasteiger charge is 2.06. The number of aromatic nitrogens is 1. The molecule has 114 valence electrons. The van der Waals surface area contributed by atoms with E-state index in [0.29, 0.717) is 0 Å². The fourth-order valence-corrected chi connectivity index (χ4v) is 2.96. The van der Waals surface area contributed by atoms with Crippen molar-refractivity contribution in [3.05, 3.63) is 70.9 Å². The smallest absolute Gasteiger partial charge is 0.0483 e. The third-order valence-corrected chi connectivity index (χ3v) is 4.28. The maximum Gasteiger partial charge on any atom is 0.0483 e. The van der Waals surface area contributed by atoms with Gasteiger partial charge in [0.2, 0.25) is 0 Å². The summed E-state index contributed by atoms with van der Waals surface area (Å²) in [5.41, 5.74) is 4.00. The summed E-state index contributed by atoms with van der Waals surface area (Å²) in [5, 5.41) is 5.69. The molecule has 0 saturated heterocycles. The number of nitrogens with one attached hydrogen (secondary N) is 1. The first-order valence-corrected chi connectivity index (χ1v) is 8.17. The standard InChI is InChI=1S/C19H21ClN2/c1-2-22-14-16(18-5-3-4-6-19(18)22)13-21-12-11-15-7-9-17(20)10-8-15/h3-10,14,21H,2,11-13H2,1H3. The van der Waals surface area contributed by atoms with Gasteiger partial charge in [-0.2, -0.15) is 0 Å². The molecule has 2 aromatic carbocycles. The van der Waals surface area contributed by atoms with E-state index < -0.39 is 0 Å². The molecule has 0 fully saturated rings. The van der Waals surface area contributed by atoms with Crippen LogP contribution >= 0.6 is 11.6 Å². The van der Waals surface area contributed by atoms with Crippen molar-refractivity contribution in [2.75, 3.05) is 6.54 Å². The van der Waals surface area contributed by atoms with Crippen molar-refractivity contribution < 1.29 is 0 Å². The maximum absolute atomic E-state index is 5.91. The Balaban J connectivity index is 1.61. The Kier molecular flexibility index (Phi) is 4.81. The molecular weight excluding hydrogens is 292 g/mol. The van der Waals surface area contributed by atoms with Gasteiger partial charge in [-0.05, 0) is 49.2 Å². The molecule has 0 saturated carbocycles. The van der Waals surface area contributed by atoms with Gasteiger partial charge < -0.3 is 9.88 Å². The molecule has 0 atom stereocenters. The largest absolute Gasteiger partial charge is 0.347 e. The lowest BCUT2D eigenvalue weighted by atomic mass is 10.1. The number of fused-ring (bicyclic) bond motifs is 1. The second kappa shape index (κ2) is 6.99. The van der Waals surface area contributed by atoms with Crippen LogP contribution in [0.3, 0.4) is 0 Å². The van der Waals surface area contributed by atoms with Gasteiger partial charge in [-0.25, -0.2) is 0 Å². The topological polar surface area (TPSA) is 17.0 Å². The van der Waals surface area contributed by atoms with Crippen LogP contribution in [0.2, 0.25) is 5.02 Å². The van der Waals surface area contributed by atoms with E-state index in [-0.39, 0.29) is 0 Å². The summed E-state index contributed by atoms with van der Waals surface area (Å²) < 4.78 is 2.31. The number of benzene rings is 2. The Morgan fingerprint density at radius 2 is 1.82 bits per heavy atom. The third kappa shape index (κ3) is 3.34. The SMILES string of the molecule is CCn1cc(CNCCc2ccc(Cl)cc2)c2ccccc21. The zero-order valence-electron chi connectivity index (χ0n) is 12.8. The number of hydrogen-bond acceptors (Lipinski definition) is 1. The van der Waals surface area contributed by atoms with Crippen LogP contribution in [-0.4, -0.2) is 11.1 Å². The van der Waals surface area contributed by atoms with Gasteiger partial charge in [-0.1, -0.05) is 41.9 Å². The Morgan fingerprint density at radius 3 is 2.59 bits per heavy atom. The molecule has 3 aromatic rings. The summed E-state index contributed by atoms with van der Waals surface area (Å²) in [6, 6.07) is 16.7. The summed E-state index contributed by atoms with van der Waals surface area (Å²) in [4.78, 5) is 0. The zero-order chi connectivity index (χ0) is 15.4. The zero-order valence-corrected chi connectivity index (χ0v) is 13.6. The van der Waals surface area contributed by atoms with Gasteiger partial charge in [0, 0.05) is 35.2 Å². The average Bonchev–Trinajstić information content (AvgIpc) is 2.91. The predicted molar refractivity (Wildman–Crippen MR) is 94.5 cm³/mol. The Morgan fingerprint density at radius 1 is 1.05 bits per heavy atom. The summed E-state index contributed by atoms with van der Waals surface area (Å²) in [7, 11) is 0. The summed E-state index contributed by atoms with van der Waals surface area (Å²) >= 11 is 5.91. The van der Waals surface area contributed by atoms with Gasteiger partial charge in [0.25, 0.3) is 0 Å². The Hall–Kier alpha value is -1.77. The molecule has 0 unspecified atom stereocenters. The van der Waals surface area contributed by atoms with Crippen molar-refractivity contribution in [3.8, 4) is 0 Å². The van der Waals surface area contributed by atoms with Crippen molar-refractivity contribution in [2.45, 2.75) is 26.4 Å². The number of halogens is 1. The van der Waals surface area contributed by atoms with Crippen LogP contribution in [-0.2, 0) is 19.5 Å². The quantitative estimate of drug-likeness (QED) is 0.656. The molecule has 1 N–H and O–H groups in total. The van der Waals surface area contributed by atoms with Crippen LogP contribution in [0.25, 0.3) is 10.9 Å². The first-order valence-electron chi connectivity index (χ1n) is 7.80. The summed E-state index contributed by atoms with van der Waals surface area (Å²) in [6.45, 7) is 5.06. The lowest BCUT2D eigenvalue weighted by Crippen LogP contribution is -2.16. The van der Waals surface area contributed by atoms with Crippen molar-refractivity contribution in [1.82, 2.24) is 9.88 Å². The lowest BCUT2D eigenvalue weighted by molar-refractivity contribution is 0.685. The van der Waals surface area contributed by atoms with Crippen LogP contribution in [0, 0.1) is 0 Å². The van der Waals surface area contributed by atoms with Crippen molar-refractivity contribution in [3.63, 3.8) is 0 Å². The lowest BCUT2D eigenvalue weighted by Gasteiger charge is -2.04. The minimum Gasteiger partial charge on any atom is -0.347 e. The molecule has 0 aliphatic carbocycles. The molecule has 1 aromatic heterocycles. The van der Waals surface area contributed by atoms with Crippen LogP contribution in [0.4, 0.5) is 0 Å². The normalized spacial score (nSPS) is 11.2. The molecule has 0 bridgehead atoms. The van der Waals surface area contributed by atoms with E-state index in [1.54, 1.807) is 0 Å². The highest BCUT2D eigenvalue weighted by molar-refractivity contribution is 6.30. The van der Waals surface area contributed by atoms with Gasteiger partial charge in [0.1, 0.15) is 0 Å². The minimum absolute atomic E-state index is 0.795. The van der Waals surface area contributed by atoms with Gasteiger partial charge in [-0.15, -0.1) is 0 Å². The Bertz CT molecular complexity index is 744. The second-order valence-electron chi connectivity index (χ2n) is 5.51. The van der Waals surface area contributed by atoms with Gasteiger partial charge in [0.05, 0.1) is 0 Å². The average molecular weight is 313 g/mol. The number of nitrogens with zero attached hydrogens (tertiary/aromatic N) is 1. The number of rotatable bonds is 6. The van der Waals surface area contributed by atoms with Gasteiger partial charge in [-0.3, -0.25) is 0 Å². The van der Waals surface area contributed by atoms with Gasteiger partial charge in [0.15, 0.2) is 0 Å². The number of hydrogen-bond donors (Lipinski definition) is 1. The molecular formula is C19H21ClN2. The fraction of sp³-hybridized carbons (Fsp3) is 0.263. The number of para-hydroxylation sites is 1. The van der Waals surface area contributed by atoms with Crippen molar-refractivity contribution >= 4 is 22.5 Å². The molecule has 0 radical (unpaired) electrons. The monoisotopic (exact) mass is 312 g/mol. The van der Waals surface area contributed by atoms with Crippen LogP contribution in [0.1, 0.15) is 18.1 Å². The highest BCUT2D eigenvalue weighted by Crippen LogP contribution is 2.21. The van der Waals surface area contributed by atoms with E-state index in [0.717, 1.165) is 31.1 Å². The predicted octanol–water partition coefficient (Wildman–Crippen LogP) is 4.65. The molecule has 1 heterocycles. The molecule has 0 aliphatic heterocycles. The minimum atomic E-state index is 0.795. The van der Waals surface area contributed by atoms with E-state index in [2.05, 4.69) is 59.4 Å².